The molecule has 0 saturated heterocycles. The Balaban J connectivity index is 0.00000338. The van der Waals surface area contributed by atoms with Gasteiger partial charge in [0, 0.05) is 36.6 Å². The molecule has 0 radical (unpaired) electrons. The van der Waals surface area contributed by atoms with Gasteiger partial charge in [0.15, 0.2) is 17.5 Å². The summed E-state index contributed by atoms with van der Waals surface area (Å²) in [6.45, 7) is 4.94. The van der Waals surface area contributed by atoms with Crippen LogP contribution in [0, 0.1) is 5.92 Å². The van der Waals surface area contributed by atoms with E-state index >= 15 is 0 Å². The van der Waals surface area contributed by atoms with E-state index in [0.29, 0.717) is 29.9 Å². The Bertz CT molecular complexity index is 708. The number of guanidine groups is 1. The van der Waals surface area contributed by atoms with Crippen LogP contribution in [0.25, 0.3) is 0 Å². The molecular formula is C19H27IN4O2. The average molecular weight is 470 g/mol. The molecule has 2 rings (SSSR count). The van der Waals surface area contributed by atoms with Gasteiger partial charge in [0.1, 0.15) is 0 Å². The molecule has 1 atom stereocenters. The summed E-state index contributed by atoms with van der Waals surface area (Å²) in [6.07, 6.45) is 3.66. The third-order valence-corrected chi connectivity index (χ3v) is 4.03. The number of nitrogens with one attached hydrogen (secondary N) is 1. The molecule has 1 unspecified atom stereocenters. The van der Waals surface area contributed by atoms with Crippen LogP contribution in [0.4, 0.5) is 5.69 Å². The summed E-state index contributed by atoms with van der Waals surface area (Å²) in [7, 11) is 3.20. The fraction of sp³-hybridized carbons (Fsp3) is 0.368. The molecule has 0 fully saturated rings. The maximum Gasteiger partial charge on any atom is 0.193 e. The van der Waals surface area contributed by atoms with Crippen molar-refractivity contribution in [3.8, 4) is 11.5 Å². The van der Waals surface area contributed by atoms with Crippen LogP contribution in [0.1, 0.15) is 25.3 Å². The van der Waals surface area contributed by atoms with Gasteiger partial charge in [0.2, 0.25) is 0 Å². The number of nitrogens with zero attached hydrogens (tertiary/aromatic N) is 2. The van der Waals surface area contributed by atoms with Crippen molar-refractivity contribution in [1.82, 2.24) is 4.98 Å². The van der Waals surface area contributed by atoms with Crippen molar-refractivity contribution in [1.29, 1.82) is 0 Å². The molecule has 0 amide bonds. The van der Waals surface area contributed by atoms with Gasteiger partial charge >= 0.3 is 0 Å². The van der Waals surface area contributed by atoms with Gasteiger partial charge in [-0.25, -0.2) is 0 Å². The predicted molar refractivity (Wildman–Crippen MR) is 117 cm³/mol. The second-order valence-corrected chi connectivity index (χ2v) is 6.06. The first-order valence-corrected chi connectivity index (χ1v) is 8.24. The summed E-state index contributed by atoms with van der Waals surface area (Å²) in [4.78, 5) is 8.70. The summed E-state index contributed by atoms with van der Waals surface area (Å²) in [6, 6.07) is 9.53. The fourth-order valence-electron chi connectivity index (χ4n) is 2.59. The van der Waals surface area contributed by atoms with Gasteiger partial charge in [0.25, 0.3) is 0 Å². The SMILES string of the molecule is COc1ccc(NC(N)=NCC(c2cccnc2)C(C)C)cc1OC.I. The van der Waals surface area contributed by atoms with Crippen molar-refractivity contribution in [3.05, 3.63) is 48.3 Å². The number of pyridine rings is 1. The Morgan fingerprint density at radius 1 is 1.19 bits per heavy atom. The lowest BCUT2D eigenvalue weighted by atomic mass is 9.89. The van der Waals surface area contributed by atoms with Crippen LogP contribution in [-0.2, 0) is 0 Å². The van der Waals surface area contributed by atoms with Crippen LogP contribution >= 0.6 is 24.0 Å². The highest BCUT2D eigenvalue weighted by Crippen LogP contribution is 2.29. The molecule has 0 bridgehead atoms. The first kappa shape index (κ1) is 22.0. The minimum atomic E-state index is 0. The number of aromatic nitrogens is 1. The van der Waals surface area contributed by atoms with E-state index in [2.05, 4.69) is 35.2 Å². The van der Waals surface area contributed by atoms with Crippen LogP contribution in [-0.4, -0.2) is 31.7 Å². The molecule has 1 heterocycles. The highest BCUT2D eigenvalue weighted by Gasteiger charge is 2.15. The minimum absolute atomic E-state index is 0. The van der Waals surface area contributed by atoms with E-state index in [4.69, 9.17) is 15.2 Å². The largest absolute Gasteiger partial charge is 0.493 e. The number of ether oxygens (including phenoxy) is 2. The van der Waals surface area contributed by atoms with Crippen LogP contribution in [0.5, 0.6) is 11.5 Å². The summed E-state index contributed by atoms with van der Waals surface area (Å²) >= 11 is 0. The molecule has 3 N–H and O–H groups in total. The van der Waals surface area contributed by atoms with Crippen LogP contribution < -0.4 is 20.5 Å². The Labute approximate surface area is 172 Å². The minimum Gasteiger partial charge on any atom is -0.493 e. The average Bonchev–Trinajstić information content (AvgIpc) is 2.62. The zero-order chi connectivity index (χ0) is 18.2. The molecule has 0 aliphatic carbocycles. The van der Waals surface area contributed by atoms with Crippen molar-refractivity contribution in [2.75, 3.05) is 26.1 Å². The summed E-state index contributed by atoms with van der Waals surface area (Å²) in [5, 5.41) is 3.09. The van der Waals surface area contributed by atoms with E-state index in [1.807, 2.05) is 30.5 Å². The number of anilines is 1. The summed E-state index contributed by atoms with van der Waals surface area (Å²) < 4.78 is 10.5. The Morgan fingerprint density at radius 2 is 1.92 bits per heavy atom. The number of aliphatic imine (C=N–C) groups is 1. The van der Waals surface area contributed by atoms with Crippen molar-refractivity contribution in [2.24, 2.45) is 16.6 Å². The molecule has 7 heteroatoms. The number of halogens is 1. The van der Waals surface area contributed by atoms with Gasteiger partial charge in [-0.15, -0.1) is 24.0 Å². The molecule has 1 aromatic carbocycles. The van der Waals surface area contributed by atoms with Crippen molar-refractivity contribution >= 4 is 35.6 Å². The Kier molecular flexibility index (Phi) is 9.18. The van der Waals surface area contributed by atoms with E-state index in [1.165, 1.54) is 5.56 Å². The molecule has 2 aromatic rings. The zero-order valence-corrected chi connectivity index (χ0v) is 17.9. The lowest BCUT2D eigenvalue weighted by Crippen LogP contribution is -2.24. The van der Waals surface area contributed by atoms with Crippen LogP contribution in [0.2, 0.25) is 0 Å². The maximum absolute atomic E-state index is 6.05. The predicted octanol–water partition coefficient (Wildman–Crippen LogP) is 3.88. The van der Waals surface area contributed by atoms with Gasteiger partial charge in [-0.05, 0) is 29.7 Å². The van der Waals surface area contributed by atoms with Crippen molar-refractivity contribution in [3.63, 3.8) is 0 Å². The fourth-order valence-corrected chi connectivity index (χ4v) is 2.59. The topological polar surface area (TPSA) is 81.8 Å². The van der Waals surface area contributed by atoms with Crippen molar-refractivity contribution in [2.45, 2.75) is 19.8 Å². The Hall–Kier alpha value is -2.03. The number of benzene rings is 1. The van der Waals surface area contributed by atoms with Crippen molar-refractivity contribution < 1.29 is 9.47 Å². The first-order valence-electron chi connectivity index (χ1n) is 8.24. The van der Waals surface area contributed by atoms with Gasteiger partial charge < -0.3 is 20.5 Å². The number of rotatable bonds is 7. The van der Waals surface area contributed by atoms with E-state index < -0.39 is 0 Å². The van der Waals surface area contributed by atoms with E-state index in [0.717, 1.165) is 5.69 Å². The molecule has 0 spiro atoms. The standard InChI is InChI=1S/C19H26N4O2.HI/c1-13(2)16(14-6-5-9-21-11-14)12-22-19(20)23-15-7-8-17(24-3)18(10-15)25-4;/h5-11,13,16H,12H2,1-4H3,(H3,20,22,23);1H. The second kappa shape index (κ2) is 10.8. The number of hydrogen-bond acceptors (Lipinski definition) is 4. The number of methoxy groups -OCH3 is 2. The zero-order valence-electron chi connectivity index (χ0n) is 15.6. The molecule has 142 valence electrons. The normalized spacial score (nSPS) is 12.3. The third kappa shape index (κ3) is 6.05. The second-order valence-electron chi connectivity index (χ2n) is 6.06. The lowest BCUT2D eigenvalue weighted by Gasteiger charge is -2.19. The molecule has 0 saturated carbocycles. The van der Waals surface area contributed by atoms with E-state index in [-0.39, 0.29) is 29.9 Å². The molecule has 0 aliphatic rings. The molecule has 1 aromatic heterocycles. The molecule has 26 heavy (non-hydrogen) atoms. The molecule has 6 nitrogen and oxygen atoms in total. The first-order chi connectivity index (χ1) is 12.0. The van der Waals surface area contributed by atoms with Crippen LogP contribution in [0.15, 0.2) is 47.7 Å². The number of nitrogens with two attached hydrogens (primary N) is 1. The molecular weight excluding hydrogens is 443 g/mol. The van der Waals surface area contributed by atoms with Crippen LogP contribution in [0.3, 0.4) is 0 Å². The van der Waals surface area contributed by atoms with Gasteiger partial charge in [-0.2, -0.15) is 0 Å². The highest BCUT2D eigenvalue weighted by atomic mass is 127. The Morgan fingerprint density at radius 3 is 2.50 bits per heavy atom. The quantitative estimate of drug-likeness (QED) is 0.365. The lowest BCUT2D eigenvalue weighted by molar-refractivity contribution is 0.355. The monoisotopic (exact) mass is 470 g/mol. The van der Waals surface area contributed by atoms with E-state index in [9.17, 15) is 0 Å². The maximum atomic E-state index is 6.05. The summed E-state index contributed by atoms with van der Waals surface area (Å²) in [5.74, 6) is 2.36. The van der Waals surface area contributed by atoms with E-state index in [1.54, 1.807) is 20.4 Å². The van der Waals surface area contributed by atoms with Gasteiger partial charge in [-0.3, -0.25) is 9.98 Å². The third-order valence-electron chi connectivity index (χ3n) is 4.03. The van der Waals surface area contributed by atoms with Gasteiger partial charge in [-0.1, -0.05) is 19.9 Å². The highest BCUT2D eigenvalue weighted by molar-refractivity contribution is 14.0. The smallest absolute Gasteiger partial charge is 0.193 e. The molecule has 0 aliphatic heterocycles. The number of hydrogen-bond donors (Lipinski definition) is 2. The summed E-state index contributed by atoms with van der Waals surface area (Å²) in [5.41, 5.74) is 8.01. The van der Waals surface area contributed by atoms with Gasteiger partial charge in [0.05, 0.1) is 14.2 Å².